The van der Waals surface area contributed by atoms with Crippen LogP contribution < -0.4 is 0 Å². The number of carboxylic acid groups (broad SMARTS) is 1. The topological polar surface area (TPSA) is 80.4 Å². The van der Waals surface area contributed by atoms with E-state index in [4.69, 9.17) is 5.11 Å². The number of hydrogen-bond acceptors (Lipinski definition) is 3. The lowest BCUT2D eigenvalue weighted by Crippen LogP contribution is -1.88. The molecule has 0 aliphatic rings. The Kier molecular flexibility index (Phi) is 3.91. The smallest absolute Gasteiger partial charge is 0.328 e. The van der Waals surface area contributed by atoms with Crippen LogP contribution in [0.2, 0.25) is 0 Å². The second-order valence-corrected chi connectivity index (χ2v) is 4.10. The van der Waals surface area contributed by atoms with E-state index in [1.165, 1.54) is 18.2 Å². The van der Waals surface area contributed by atoms with E-state index in [2.05, 4.69) is 0 Å². The van der Waals surface area contributed by atoms with E-state index in [9.17, 15) is 14.9 Å². The van der Waals surface area contributed by atoms with E-state index in [1.54, 1.807) is 30.3 Å². The van der Waals surface area contributed by atoms with Gasteiger partial charge in [0.1, 0.15) is 0 Å². The van der Waals surface area contributed by atoms with Crippen molar-refractivity contribution in [2.45, 2.75) is 0 Å². The van der Waals surface area contributed by atoms with Gasteiger partial charge < -0.3 is 5.11 Å². The Morgan fingerprint density at radius 2 is 1.75 bits per heavy atom. The Balaban J connectivity index is 2.38. The summed E-state index contributed by atoms with van der Waals surface area (Å²) in [6.07, 6.45) is 2.52. The number of rotatable bonds is 4. The molecule has 0 spiro atoms. The van der Waals surface area contributed by atoms with Crippen molar-refractivity contribution in [1.82, 2.24) is 0 Å². The van der Waals surface area contributed by atoms with Crippen molar-refractivity contribution in [2.24, 2.45) is 0 Å². The van der Waals surface area contributed by atoms with E-state index in [0.717, 1.165) is 17.2 Å². The lowest BCUT2D eigenvalue weighted by molar-refractivity contribution is -0.384. The molecule has 0 atom stereocenters. The maximum atomic E-state index is 10.8. The van der Waals surface area contributed by atoms with Crippen molar-refractivity contribution in [3.8, 4) is 11.1 Å². The lowest BCUT2D eigenvalue weighted by Gasteiger charge is -2.03. The zero-order valence-electron chi connectivity index (χ0n) is 10.4. The molecule has 0 heterocycles. The van der Waals surface area contributed by atoms with E-state index in [0.29, 0.717) is 5.56 Å². The molecule has 5 nitrogen and oxygen atoms in total. The minimum Gasteiger partial charge on any atom is -0.478 e. The number of hydrogen-bond donors (Lipinski definition) is 1. The Bertz CT molecular complexity index is 692. The number of nitrogens with zero attached hydrogens (tertiary/aromatic N) is 1. The number of benzene rings is 2. The molecule has 2 rings (SSSR count). The first-order valence-corrected chi connectivity index (χ1v) is 5.82. The highest BCUT2D eigenvalue weighted by Gasteiger charge is 2.07. The van der Waals surface area contributed by atoms with Crippen LogP contribution in [0.15, 0.2) is 54.6 Å². The monoisotopic (exact) mass is 269 g/mol. The van der Waals surface area contributed by atoms with Crippen LogP contribution in [0, 0.1) is 10.1 Å². The fraction of sp³-hybridized carbons (Fsp3) is 0. The van der Waals surface area contributed by atoms with Crippen LogP contribution in [0.3, 0.4) is 0 Å². The minimum absolute atomic E-state index is 0.0222. The SMILES string of the molecule is O=C(O)C=Cc1cccc(-c2cccc([N+](=O)[O-])c2)c1. The van der Waals surface area contributed by atoms with E-state index < -0.39 is 10.9 Å². The summed E-state index contributed by atoms with van der Waals surface area (Å²) in [5.41, 5.74) is 2.25. The average Bonchev–Trinajstić information content (AvgIpc) is 2.45. The Hall–Kier alpha value is -2.95. The minimum atomic E-state index is -1.02. The van der Waals surface area contributed by atoms with Crippen molar-refractivity contribution in [1.29, 1.82) is 0 Å². The number of nitro benzene ring substituents is 1. The molecule has 0 saturated carbocycles. The largest absolute Gasteiger partial charge is 0.478 e. The Morgan fingerprint density at radius 3 is 2.40 bits per heavy atom. The molecule has 0 saturated heterocycles. The number of aliphatic carboxylic acids is 1. The van der Waals surface area contributed by atoms with Crippen molar-refractivity contribution >= 4 is 17.7 Å². The molecular weight excluding hydrogens is 258 g/mol. The number of carbonyl (C=O) groups is 1. The zero-order valence-corrected chi connectivity index (χ0v) is 10.4. The molecule has 0 aromatic heterocycles. The summed E-state index contributed by atoms with van der Waals surface area (Å²) in [5.74, 6) is -1.02. The summed E-state index contributed by atoms with van der Waals surface area (Å²) in [6.45, 7) is 0. The molecule has 0 fully saturated rings. The second-order valence-electron chi connectivity index (χ2n) is 4.10. The fourth-order valence-corrected chi connectivity index (χ4v) is 1.79. The molecule has 0 amide bonds. The first-order valence-electron chi connectivity index (χ1n) is 5.82. The molecule has 0 bridgehead atoms. The van der Waals surface area contributed by atoms with Gasteiger partial charge in [0.05, 0.1) is 4.92 Å². The van der Waals surface area contributed by atoms with Gasteiger partial charge in [-0.2, -0.15) is 0 Å². The number of non-ortho nitro benzene ring substituents is 1. The van der Waals surface area contributed by atoms with Crippen molar-refractivity contribution < 1.29 is 14.8 Å². The standard InChI is InChI=1S/C15H11NO4/c17-15(18)8-7-11-3-1-4-12(9-11)13-5-2-6-14(10-13)16(19)20/h1-10H,(H,17,18). The molecule has 2 aromatic rings. The molecule has 0 unspecified atom stereocenters. The van der Waals surface area contributed by atoms with Crippen LogP contribution >= 0.6 is 0 Å². The summed E-state index contributed by atoms with van der Waals surface area (Å²) in [7, 11) is 0. The average molecular weight is 269 g/mol. The third kappa shape index (κ3) is 3.29. The molecule has 0 radical (unpaired) electrons. The number of carboxylic acids is 1. The van der Waals surface area contributed by atoms with Gasteiger partial charge in [-0.15, -0.1) is 0 Å². The molecular formula is C15H11NO4. The molecule has 0 aliphatic carbocycles. The third-order valence-electron chi connectivity index (χ3n) is 2.70. The molecule has 2 aromatic carbocycles. The predicted molar refractivity (Wildman–Crippen MR) is 75.2 cm³/mol. The lowest BCUT2D eigenvalue weighted by atomic mass is 10.0. The van der Waals surface area contributed by atoms with E-state index in [1.807, 2.05) is 6.07 Å². The highest BCUT2D eigenvalue weighted by Crippen LogP contribution is 2.24. The molecule has 0 aliphatic heterocycles. The molecule has 100 valence electrons. The van der Waals surface area contributed by atoms with Crippen LogP contribution in [-0.2, 0) is 4.79 Å². The summed E-state index contributed by atoms with van der Waals surface area (Å²) in [5, 5.41) is 19.4. The predicted octanol–water partition coefficient (Wildman–Crippen LogP) is 3.36. The second kappa shape index (κ2) is 5.79. The van der Waals surface area contributed by atoms with Crippen molar-refractivity contribution in [3.05, 3.63) is 70.3 Å². The van der Waals surface area contributed by atoms with Gasteiger partial charge in [0, 0.05) is 18.2 Å². The molecule has 20 heavy (non-hydrogen) atoms. The van der Waals surface area contributed by atoms with Crippen molar-refractivity contribution in [2.75, 3.05) is 0 Å². The van der Waals surface area contributed by atoms with Crippen LogP contribution in [0.25, 0.3) is 17.2 Å². The van der Waals surface area contributed by atoms with E-state index in [-0.39, 0.29) is 5.69 Å². The summed E-state index contributed by atoms with van der Waals surface area (Å²) in [4.78, 5) is 20.8. The van der Waals surface area contributed by atoms with Gasteiger partial charge >= 0.3 is 5.97 Å². The van der Waals surface area contributed by atoms with Gasteiger partial charge in [-0.25, -0.2) is 4.79 Å². The first kappa shape index (κ1) is 13.5. The number of nitro groups is 1. The summed E-state index contributed by atoms with van der Waals surface area (Å²) in [6, 6.07) is 13.4. The maximum absolute atomic E-state index is 10.8. The summed E-state index contributed by atoms with van der Waals surface area (Å²) < 4.78 is 0. The van der Waals surface area contributed by atoms with Gasteiger partial charge in [0.2, 0.25) is 0 Å². The quantitative estimate of drug-likeness (QED) is 0.524. The third-order valence-corrected chi connectivity index (χ3v) is 2.70. The van der Waals surface area contributed by atoms with Crippen molar-refractivity contribution in [3.63, 3.8) is 0 Å². The van der Waals surface area contributed by atoms with Crippen LogP contribution in [0.5, 0.6) is 0 Å². The highest BCUT2D eigenvalue weighted by atomic mass is 16.6. The van der Waals surface area contributed by atoms with Crippen LogP contribution in [-0.4, -0.2) is 16.0 Å². The fourth-order valence-electron chi connectivity index (χ4n) is 1.79. The Morgan fingerprint density at radius 1 is 1.10 bits per heavy atom. The first-order chi connectivity index (χ1) is 9.56. The zero-order chi connectivity index (χ0) is 14.5. The highest BCUT2D eigenvalue weighted by molar-refractivity contribution is 5.85. The normalized spacial score (nSPS) is 10.6. The van der Waals surface area contributed by atoms with Gasteiger partial charge in [-0.3, -0.25) is 10.1 Å². The van der Waals surface area contributed by atoms with Crippen LogP contribution in [0.1, 0.15) is 5.56 Å². The van der Waals surface area contributed by atoms with Gasteiger partial charge in [0.25, 0.3) is 5.69 Å². The molecule has 5 heteroatoms. The maximum Gasteiger partial charge on any atom is 0.328 e. The molecule has 1 N–H and O–H groups in total. The van der Waals surface area contributed by atoms with Gasteiger partial charge in [0.15, 0.2) is 0 Å². The van der Waals surface area contributed by atoms with E-state index >= 15 is 0 Å². The van der Waals surface area contributed by atoms with Gasteiger partial charge in [-0.1, -0.05) is 30.3 Å². The van der Waals surface area contributed by atoms with Gasteiger partial charge in [-0.05, 0) is 28.8 Å². The van der Waals surface area contributed by atoms with Crippen LogP contribution in [0.4, 0.5) is 5.69 Å². The summed E-state index contributed by atoms with van der Waals surface area (Å²) >= 11 is 0. The Labute approximate surface area is 115 Å².